The molecule has 1 aliphatic heterocycles. The van der Waals surface area contributed by atoms with Crippen LogP contribution in [0, 0.1) is 16.0 Å². The van der Waals surface area contributed by atoms with Crippen molar-refractivity contribution in [3.63, 3.8) is 0 Å². The number of carbonyl (C=O) groups is 2. The Morgan fingerprint density at radius 1 is 1.21 bits per heavy atom. The largest absolute Gasteiger partial charge is 0.465 e. The van der Waals surface area contributed by atoms with E-state index in [-0.39, 0.29) is 17.5 Å². The molecular formula is C20H21N3O5. The van der Waals surface area contributed by atoms with E-state index in [1.54, 1.807) is 29.4 Å². The first-order valence-electron chi connectivity index (χ1n) is 9.06. The predicted octanol–water partition coefficient (Wildman–Crippen LogP) is 2.87. The maximum absolute atomic E-state index is 12.2. The molecule has 0 spiro atoms. The number of nitro benzene ring substituents is 1. The number of rotatable bonds is 6. The summed E-state index contributed by atoms with van der Waals surface area (Å²) in [5.74, 6) is 0.622. The van der Waals surface area contributed by atoms with E-state index in [4.69, 9.17) is 4.42 Å². The first kappa shape index (κ1) is 19.3. The number of benzene rings is 1. The minimum Gasteiger partial charge on any atom is -0.465 e. The number of nitrogens with zero attached hydrogens (tertiary/aromatic N) is 2. The Kier molecular flexibility index (Phi) is 6.21. The molecule has 1 N–H and O–H groups in total. The van der Waals surface area contributed by atoms with Gasteiger partial charge < -0.3 is 14.6 Å². The molecule has 8 nitrogen and oxygen atoms in total. The molecule has 1 aromatic carbocycles. The fourth-order valence-electron chi connectivity index (χ4n) is 3.08. The molecule has 2 aromatic rings. The topological polar surface area (TPSA) is 106 Å². The zero-order chi connectivity index (χ0) is 19.9. The molecule has 2 heterocycles. The van der Waals surface area contributed by atoms with Crippen molar-refractivity contribution < 1.29 is 18.9 Å². The summed E-state index contributed by atoms with van der Waals surface area (Å²) in [6.07, 6.45) is 6.33. The number of nitro groups is 1. The zero-order valence-electron chi connectivity index (χ0n) is 15.2. The molecule has 0 aliphatic carbocycles. The molecule has 1 fully saturated rings. The lowest BCUT2D eigenvalue weighted by molar-refractivity contribution is -0.384. The van der Waals surface area contributed by atoms with Crippen molar-refractivity contribution in [2.75, 3.05) is 19.6 Å². The number of amides is 2. The number of nitrogens with one attached hydrogen (secondary N) is 1. The SMILES string of the molecule is O=C(NCC1CCN(C(=O)/C=C/c2ccco2)CC1)c1ccc([N+](=O)[O-])cc1. The first-order valence-corrected chi connectivity index (χ1v) is 9.06. The fraction of sp³-hybridized carbons (Fsp3) is 0.300. The Morgan fingerprint density at radius 2 is 1.93 bits per heavy atom. The van der Waals surface area contributed by atoms with Crippen LogP contribution in [0.15, 0.2) is 53.2 Å². The maximum atomic E-state index is 12.2. The van der Waals surface area contributed by atoms with E-state index < -0.39 is 4.92 Å². The number of hydrogen-bond acceptors (Lipinski definition) is 5. The van der Waals surface area contributed by atoms with Gasteiger partial charge in [0.1, 0.15) is 5.76 Å². The molecule has 1 aliphatic rings. The van der Waals surface area contributed by atoms with E-state index in [1.165, 1.54) is 30.3 Å². The third-order valence-electron chi connectivity index (χ3n) is 4.75. The highest BCUT2D eigenvalue weighted by Crippen LogP contribution is 2.18. The minimum atomic E-state index is -0.499. The van der Waals surface area contributed by atoms with Crippen LogP contribution in [0.4, 0.5) is 5.69 Å². The second-order valence-electron chi connectivity index (χ2n) is 6.63. The van der Waals surface area contributed by atoms with Gasteiger partial charge in [0, 0.05) is 43.4 Å². The van der Waals surface area contributed by atoms with E-state index in [0.29, 0.717) is 36.9 Å². The molecule has 0 unspecified atom stereocenters. The monoisotopic (exact) mass is 383 g/mol. The van der Waals surface area contributed by atoms with Crippen molar-refractivity contribution in [2.24, 2.45) is 5.92 Å². The standard InChI is InChI=1S/C20H21N3O5/c24-19(8-7-18-2-1-13-28-18)22-11-9-15(10-12-22)14-21-20(25)16-3-5-17(6-4-16)23(26)27/h1-8,13,15H,9-12,14H2,(H,21,25)/b8-7+. The molecule has 1 saturated heterocycles. The molecule has 0 saturated carbocycles. The number of likely N-dealkylation sites (tertiary alicyclic amines) is 1. The van der Waals surface area contributed by atoms with Crippen molar-refractivity contribution in [1.82, 2.24) is 10.2 Å². The lowest BCUT2D eigenvalue weighted by Crippen LogP contribution is -2.40. The van der Waals surface area contributed by atoms with Crippen LogP contribution in [0.3, 0.4) is 0 Å². The summed E-state index contributed by atoms with van der Waals surface area (Å²) in [5.41, 5.74) is 0.343. The van der Waals surface area contributed by atoms with Gasteiger partial charge in [-0.1, -0.05) is 0 Å². The van der Waals surface area contributed by atoms with Gasteiger partial charge in [0.25, 0.3) is 11.6 Å². The van der Waals surface area contributed by atoms with Crippen LogP contribution >= 0.6 is 0 Å². The summed E-state index contributed by atoms with van der Waals surface area (Å²) >= 11 is 0. The van der Waals surface area contributed by atoms with Gasteiger partial charge in [-0.2, -0.15) is 0 Å². The quantitative estimate of drug-likeness (QED) is 0.469. The average Bonchev–Trinajstić information content (AvgIpc) is 3.24. The molecular weight excluding hydrogens is 362 g/mol. The van der Waals surface area contributed by atoms with Crippen LogP contribution in [0.2, 0.25) is 0 Å². The Labute approximate surface area is 162 Å². The first-order chi connectivity index (χ1) is 13.5. The molecule has 8 heteroatoms. The zero-order valence-corrected chi connectivity index (χ0v) is 15.2. The number of carbonyl (C=O) groups excluding carboxylic acids is 2. The van der Waals surface area contributed by atoms with E-state index in [9.17, 15) is 19.7 Å². The van der Waals surface area contributed by atoms with E-state index in [2.05, 4.69) is 5.32 Å². The van der Waals surface area contributed by atoms with E-state index >= 15 is 0 Å². The second-order valence-corrected chi connectivity index (χ2v) is 6.63. The Morgan fingerprint density at radius 3 is 2.54 bits per heavy atom. The maximum Gasteiger partial charge on any atom is 0.269 e. The molecule has 3 rings (SSSR count). The summed E-state index contributed by atoms with van der Waals surface area (Å²) in [6, 6.07) is 9.06. The van der Waals surface area contributed by atoms with Crippen molar-refractivity contribution >= 4 is 23.6 Å². The third-order valence-corrected chi connectivity index (χ3v) is 4.75. The highest BCUT2D eigenvalue weighted by molar-refractivity contribution is 5.94. The van der Waals surface area contributed by atoms with Gasteiger partial charge >= 0.3 is 0 Å². The van der Waals surface area contributed by atoms with Crippen LogP contribution in [0.1, 0.15) is 29.0 Å². The molecule has 0 atom stereocenters. The highest BCUT2D eigenvalue weighted by Gasteiger charge is 2.22. The van der Waals surface area contributed by atoms with Crippen LogP contribution in [-0.4, -0.2) is 41.3 Å². The minimum absolute atomic E-state index is 0.0466. The van der Waals surface area contributed by atoms with Gasteiger partial charge in [-0.05, 0) is 49.1 Å². The normalized spacial score (nSPS) is 14.9. The summed E-state index contributed by atoms with van der Waals surface area (Å²) < 4.78 is 5.17. The van der Waals surface area contributed by atoms with Gasteiger partial charge in [-0.3, -0.25) is 19.7 Å². The van der Waals surface area contributed by atoms with Gasteiger partial charge in [0.15, 0.2) is 0 Å². The molecule has 2 amide bonds. The van der Waals surface area contributed by atoms with Gasteiger partial charge in [0.05, 0.1) is 11.2 Å². The molecule has 0 radical (unpaired) electrons. The smallest absolute Gasteiger partial charge is 0.269 e. The van der Waals surface area contributed by atoms with E-state index in [1.807, 2.05) is 0 Å². The lowest BCUT2D eigenvalue weighted by atomic mass is 9.96. The Hall–Kier alpha value is -3.42. The van der Waals surface area contributed by atoms with Crippen LogP contribution in [0.5, 0.6) is 0 Å². The van der Waals surface area contributed by atoms with Crippen LogP contribution < -0.4 is 5.32 Å². The molecule has 0 bridgehead atoms. The van der Waals surface area contributed by atoms with Crippen molar-refractivity contribution in [3.05, 3.63) is 70.2 Å². The second kappa shape index (κ2) is 8.98. The van der Waals surface area contributed by atoms with Gasteiger partial charge in [-0.25, -0.2) is 0 Å². The van der Waals surface area contributed by atoms with Gasteiger partial charge in [0.2, 0.25) is 5.91 Å². The van der Waals surface area contributed by atoms with Crippen molar-refractivity contribution in [2.45, 2.75) is 12.8 Å². The fourth-order valence-corrected chi connectivity index (χ4v) is 3.08. The average molecular weight is 383 g/mol. The predicted molar refractivity (Wildman–Crippen MR) is 102 cm³/mol. The van der Waals surface area contributed by atoms with Crippen LogP contribution in [0.25, 0.3) is 6.08 Å². The third kappa shape index (κ3) is 5.06. The summed E-state index contributed by atoms with van der Waals surface area (Å²) in [7, 11) is 0. The Balaban J connectivity index is 1.42. The summed E-state index contributed by atoms with van der Waals surface area (Å²) in [4.78, 5) is 36.3. The van der Waals surface area contributed by atoms with Crippen molar-refractivity contribution in [1.29, 1.82) is 0 Å². The van der Waals surface area contributed by atoms with Crippen molar-refractivity contribution in [3.8, 4) is 0 Å². The van der Waals surface area contributed by atoms with Gasteiger partial charge in [-0.15, -0.1) is 0 Å². The highest BCUT2D eigenvalue weighted by atomic mass is 16.6. The number of hydrogen-bond donors (Lipinski definition) is 1. The Bertz CT molecular complexity index is 850. The molecule has 1 aromatic heterocycles. The molecule has 146 valence electrons. The lowest BCUT2D eigenvalue weighted by Gasteiger charge is -2.31. The van der Waals surface area contributed by atoms with Crippen LogP contribution in [-0.2, 0) is 4.79 Å². The number of piperidine rings is 1. The number of furan rings is 1. The molecule has 28 heavy (non-hydrogen) atoms. The number of non-ortho nitro benzene ring substituents is 1. The summed E-state index contributed by atoms with van der Waals surface area (Å²) in [6.45, 7) is 1.79. The van der Waals surface area contributed by atoms with E-state index in [0.717, 1.165) is 12.8 Å². The summed E-state index contributed by atoms with van der Waals surface area (Å²) in [5, 5.41) is 13.5.